The van der Waals surface area contributed by atoms with Gasteiger partial charge in [0.1, 0.15) is 11.5 Å². The SMILES string of the molecule is CC.CN1CCCN(c2ccc(C#Cc3ccc(-c4ccc(Cl)cc4)cn3)cn2)CC1. The minimum absolute atomic E-state index is 0.729. The zero-order valence-electron chi connectivity index (χ0n) is 18.5. The Morgan fingerprint density at radius 3 is 2.23 bits per heavy atom. The molecule has 1 aliphatic rings. The van der Waals surface area contributed by atoms with Gasteiger partial charge in [-0.2, -0.15) is 0 Å². The van der Waals surface area contributed by atoms with Gasteiger partial charge >= 0.3 is 0 Å². The van der Waals surface area contributed by atoms with Gasteiger partial charge in [0.15, 0.2) is 0 Å². The zero-order valence-corrected chi connectivity index (χ0v) is 19.2. The summed E-state index contributed by atoms with van der Waals surface area (Å²) in [5.41, 5.74) is 3.76. The Morgan fingerprint density at radius 2 is 1.55 bits per heavy atom. The van der Waals surface area contributed by atoms with Gasteiger partial charge in [0.05, 0.1) is 0 Å². The van der Waals surface area contributed by atoms with Gasteiger partial charge in [-0.05, 0) is 61.8 Å². The first-order valence-corrected chi connectivity index (χ1v) is 11.2. The third kappa shape index (κ3) is 6.55. The van der Waals surface area contributed by atoms with Crippen molar-refractivity contribution in [3.63, 3.8) is 0 Å². The lowest BCUT2D eigenvalue weighted by Crippen LogP contribution is -2.29. The second kappa shape index (κ2) is 11.5. The van der Waals surface area contributed by atoms with Gasteiger partial charge in [-0.1, -0.05) is 49.6 Å². The summed E-state index contributed by atoms with van der Waals surface area (Å²) in [5, 5.41) is 0.729. The van der Waals surface area contributed by atoms with Crippen molar-refractivity contribution in [3.8, 4) is 23.0 Å². The Bertz CT molecular complexity index is 1000. The van der Waals surface area contributed by atoms with E-state index in [1.807, 2.05) is 68.7 Å². The van der Waals surface area contributed by atoms with E-state index in [2.05, 4.69) is 44.7 Å². The Hall–Kier alpha value is -2.87. The molecule has 0 radical (unpaired) electrons. The molecule has 0 unspecified atom stereocenters. The molecule has 0 saturated carbocycles. The number of halogens is 1. The van der Waals surface area contributed by atoms with Gasteiger partial charge in [0.2, 0.25) is 0 Å². The molecule has 1 fully saturated rings. The van der Waals surface area contributed by atoms with Crippen LogP contribution in [0.4, 0.5) is 5.82 Å². The van der Waals surface area contributed by atoms with Gasteiger partial charge in [-0.3, -0.25) is 0 Å². The fourth-order valence-corrected chi connectivity index (χ4v) is 3.47. The van der Waals surface area contributed by atoms with Crippen LogP contribution in [0.5, 0.6) is 0 Å². The number of pyridine rings is 2. The lowest BCUT2D eigenvalue weighted by molar-refractivity contribution is 0.360. The van der Waals surface area contributed by atoms with Crippen molar-refractivity contribution in [1.82, 2.24) is 14.9 Å². The Kier molecular flexibility index (Phi) is 8.46. The lowest BCUT2D eigenvalue weighted by Gasteiger charge is -2.21. The fraction of sp³-hybridized carbons (Fsp3) is 0.308. The maximum Gasteiger partial charge on any atom is 0.128 e. The number of likely N-dealkylation sites (N-methyl/N-ethyl adjacent to an activating group) is 1. The summed E-state index contributed by atoms with van der Waals surface area (Å²) in [7, 11) is 2.17. The van der Waals surface area contributed by atoms with Crippen LogP contribution >= 0.6 is 11.6 Å². The van der Waals surface area contributed by atoms with Crippen LogP contribution in [0.15, 0.2) is 60.9 Å². The Morgan fingerprint density at radius 1 is 0.774 bits per heavy atom. The number of nitrogens with zero attached hydrogens (tertiary/aromatic N) is 4. The average Bonchev–Trinajstić information content (AvgIpc) is 3.05. The van der Waals surface area contributed by atoms with Gasteiger partial charge in [-0.25, -0.2) is 9.97 Å². The van der Waals surface area contributed by atoms with Crippen molar-refractivity contribution in [2.24, 2.45) is 0 Å². The van der Waals surface area contributed by atoms with Crippen LogP contribution in [0.1, 0.15) is 31.5 Å². The minimum Gasteiger partial charge on any atom is -0.355 e. The van der Waals surface area contributed by atoms with E-state index in [1.165, 1.54) is 0 Å². The van der Waals surface area contributed by atoms with Gasteiger partial charge in [0.25, 0.3) is 0 Å². The number of anilines is 1. The van der Waals surface area contributed by atoms with Crippen LogP contribution in [0.2, 0.25) is 5.02 Å². The zero-order chi connectivity index (χ0) is 22.1. The van der Waals surface area contributed by atoms with Crippen molar-refractivity contribution < 1.29 is 0 Å². The second-order valence-electron chi connectivity index (χ2n) is 7.24. The predicted molar refractivity (Wildman–Crippen MR) is 131 cm³/mol. The van der Waals surface area contributed by atoms with Crippen LogP contribution in [-0.4, -0.2) is 48.1 Å². The molecule has 1 aromatic carbocycles. The first-order chi connectivity index (χ1) is 15.2. The highest BCUT2D eigenvalue weighted by Crippen LogP contribution is 2.20. The van der Waals surface area contributed by atoms with Crippen molar-refractivity contribution in [2.75, 3.05) is 38.1 Å². The number of rotatable bonds is 2. The summed E-state index contributed by atoms with van der Waals surface area (Å²) >= 11 is 5.95. The fourth-order valence-electron chi connectivity index (χ4n) is 3.34. The summed E-state index contributed by atoms with van der Waals surface area (Å²) in [6, 6.07) is 15.8. The number of benzene rings is 1. The highest BCUT2D eigenvalue weighted by Gasteiger charge is 2.13. The first kappa shape index (κ1) is 22.8. The average molecular weight is 433 g/mol. The predicted octanol–water partition coefficient (Wildman–Crippen LogP) is 5.36. The third-order valence-corrected chi connectivity index (χ3v) is 5.32. The molecule has 160 valence electrons. The topological polar surface area (TPSA) is 32.3 Å². The standard InChI is InChI=1S/C24H23ClN4.C2H6/c1-28-13-2-14-29(16-15-28)24-12-4-19(17-27-24)3-10-23-11-7-21(18-26-23)20-5-8-22(25)9-6-20;1-2/h4-9,11-12,17-18H,2,13-16H2,1H3;1-2H3. The summed E-state index contributed by atoms with van der Waals surface area (Å²) in [6.07, 6.45) is 4.85. The van der Waals surface area contributed by atoms with Gasteiger partial charge < -0.3 is 9.80 Å². The second-order valence-corrected chi connectivity index (χ2v) is 7.67. The van der Waals surface area contributed by atoms with Crippen molar-refractivity contribution in [3.05, 3.63) is 77.2 Å². The van der Waals surface area contributed by atoms with E-state index >= 15 is 0 Å². The summed E-state index contributed by atoms with van der Waals surface area (Å²) < 4.78 is 0. The summed E-state index contributed by atoms with van der Waals surface area (Å²) in [6.45, 7) is 8.27. The highest BCUT2D eigenvalue weighted by atomic mass is 35.5. The van der Waals surface area contributed by atoms with E-state index in [1.54, 1.807) is 0 Å². The molecule has 3 aromatic rings. The molecule has 0 atom stereocenters. The largest absolute Gasteiger partial charge is 0.355 e. The lowest BCUT2D eigenvalue weighted by atomic mass is 10.1. The van der Waals surface area contributed by atoms with Crippen LogP contribution in [0.3, 0.4) is 0 Å². The van der Waals surface area contributed by atoms with Crippen LogP contribution in [-0.2, 0) is 0 Å². The Labute approximate surface area is 190 Å². The molecule has 0 spiro atoms. The molecule has 0 aliphatic carbocycles. The van der Waals surface area contributed by atoms with Crippen LogP contribution in [0, 0.1) is 11.8 Å². The molecule has 4 nitrogen and oxygen atoms in total. The van der Waals surface area contributed by atoms with Crippen molar-refractivity contribution >= 4 is 17.4 Å². The molecule has 3 heterocycles. The van der Waals surface area contributed by atoms with E-state index in [0.29, 0.717) is 0 Å². The molecule has 4 rings (SSSR count). The summed E-state index contributed by atoms with van der Waals surface area (Å²) in [5.74, 6) is 7.30. The van der Waals surface area contributed by atoms with E-state index in [-0.39, 0.29) is 0 Å². The van der Waals surface area contributed by atoms with Gasteiger partial charge in [0, 0.05) is 48.2 Å². The van der Waals surface area contributed by atoms with E-state index < -0.39 is 0 Å². The third-order valence-electron chi connectivity index (χ3n) is 5.07. The molecule has 1 aliphatic heterocycles. The Balaban J connectivity index is 0.00000132. The molecule has 0 amide bonds. The van der Waals surface area contributed by atoms with Gasteiger partial charge in [-0.15, -0.1) is 0 Å². The number of hydrogen-bond acceptors (Lipinski definition) is 4. The number of hydrogen-bond donors (Lipinski definition) is 0. The highest BCUT2D eigenvalue weighted by molar-refractivity contribution is 6.30. The molecule has 2 aromatic heterocycles. The molecule has 0 N–H and O–H groups in total. The molecule has 31 heavy (non-hydrogen) atoms. The molecular formula is C26H29ClN4. The minimum atomic E-state index is 0.729. The molecule has 5 heteroatoms. The first-order valence-electron chi connectivity index (χ1n) is 10.8. The van der Waals surface area contributed by atoms with Crippen LogP contribution in [0.25, 0.3) is 11.1 Å². The number of aromatic nitrogens is 2. The summed E-state index contributed by atoms with van der Waals surface area (Å²) in [4.78, 5) is 13.8. The normalized spacial score (nSPS) is 14.0. The smallest absolute Gasteiger partial charge is 0.128 e. The van der Waals surface area contributed by atoms with Crippen molar-refractivity contribution in [1.29, 1.82) is 0 Å². The quantitative estimate of drug-likeness (QED) is 0.510. The monoisotopic (exact) mass is 432 g/mol. The van der Waals surface area contributed by atoms with E-state index in [9.17, 15) is 0 Å². The molecular weight excluding hydrogens is 404 g/mol. The maximum absolute atomic E-state index is 5.95. The van der Waals surface area contributed by atoms with Crippen molar-refractivity contribution in [2.45, 2.75) is 20.3 Å². The van der Waals surface area contributed by atoms with Crippen LogP contribution < -0.4 is 4.90 Å². The van der Waals surface area contributed by atoms with E-state index in [0.717, 1.165) is 65.8 Å². The molecule has 0 bridgehead atoms. The molecule has 1 saturated heterocycles. The van der Waals surface area contributed by atoms with E-state index in [4.69, 9.17) is 11.6 Å². The maximum atomic E-state index is 5.95.